The minimum atomic E-state index is -0.284. The van der Waals surface area contributed by atoms with Crippen LogP contribution in [-0.4, -0.2) is 43.7 Å². The standard InChI is InChI=1S/C29H45NO4/c1-19-6-8-27-25(17-30-16-20-12-22(33-4)14-23(13-20)34-5)24(10-11-29(19,27)3)26-9-7-21(32)15-28(26,2)18-31/h12-14,21,24-27,30-32H,1,6-11,15-18H2,2-5H3. The molecule has 3 fully saturated rings. The number of nitrogens with one attached hydrogen (secondary N) is 1. The number of rotatable bonds is 8. The number of fused-ring (bicyclic) bond motifs is 1. The monoisotopic (exact) mass is 471 g/mol. The van der Waals surface area contributed by atoms with Crippen molar-refractivity contribution < 1.29 is 19.7 Å². The summed E-state index contributed by atoms with van der Waals surface area (Å²) in [6.45, 7) is 11.0. The molecular weight excluding hydrogens is 426 g/mol. The molecule has 3 aliphatic carbocycles. The summed E-state index contributed by atoms with van der Waals surface area (Å²) in [7, 11) is 3.37. The van der Waals surface area contributed by atoms with E-state index in [9.17, 15) is 10.2 Å². The Morgan fingerprint density at radius 2 is 1.74 bits per heavy atom. The first-order valence-corrected chi connectivity index (χ1v) is 13.1. The summed E-state index contributed by atoms with van der Waals surface area (Å²) < 4.78 is 10.9. The Kier molecular flexibility index (Phi) is 7.66. The van der Waals surface area contributed by atoms with E-state index in [1.807, 2.05) is 6.07 Å². The third-order valence-electron chi connectivity index (χ3n) is 9.85. The number of benzene rings is 1. The molecule has 0 amide bonds. The molecule has 3 aliphatic rings. The molecule has 0 bridgehead atoms. The predicted molar refractivity (Wildman–Crippen MR) is 136 cm³/mol. The van der Waals surface area contributed by atoms with E-state index in [-0.39, 0.29) is 23.5 Å². The van der Waals surface area contributed by atoms with Crippen molar-refractivity contribution in [2.24, 2.45) is 34.5 Å². The Morgan fingerprint density at radius 3 is 2.38 bits per heavy atom. The van der Waals surface area contributed by atoms with Crippen LogP contribution < -0.4 is 14.8 Å². The molecule has 7 unspecified atom stereocenters. The van der Waals surface area contributed by atoms with Gasteiger partial charge in [0.25, 0.3) is 0 Å². The highest BCUT2D eigenvalue weighted by atomic mass is 16.5. The van der Waals surface area contributed by atoms with Crippen LogP contribution in [0, 0.1) is 34.5 Å². The van der Waals surface area contributed by atoms with E-state index in [2.05, 4.69) is 37.9 Å². The normalized spacial score (nSPS) is 37.9. The number of aliphatic hydroxyl groups is 2. The van der Waals surface area contributed by atoms with Crippen molar-refractivity contribution in [1.29, 1.82) is 0 Å². The van der Waals surface area contributed by atoms with Gasteiger partial charge in [-0.05, 0) is 104 Å². The van der Waals surface area contributed by atoms with E-state index in [4.69, 9.17) is 9.47 Å². The van der Waals surface area contributed by atoms with Crippen molar-refractivity contribution in [2.45, 2.75) is 71.4 Å². The maximum atomic E-state index is 10.4. The van der Waals surface area contributed by atoms with E-state index in [1.54, 1.807) is 14.2 Å². The lowest BCUT2D eigenvalue weighted by Crippen LogP contribution is -2.51. The maximum Gasteiger partial charge on any atom is 0.122 e. The van der Waals surface area contributed by atoms with Crippen LogP contribution in [-0.2, 0) is 6.54 Å². The Labute approximate surface area is 205 Å². The summed E-state index contributed by atoms with van der Waals surface area (Å²) in [4.78, 5) is 0. The van der Waals surface area contributed by atoms with Crippen LogP contribution in [0.5, 0.6) is 11.5 Å². The number of ether oxygens (including phenoxy) is 2. The van der Waals surface area contributed by atoms with Crippen molar-refractivity contribution in [1.82, 2.24) is 5.32 Å². The zero-order chi connectivity index (χ0) is 24.5. The molecule has 0 aliphatic heterocycles. The molecule has 0 saturated heterocycles. The molecule has 7 atom stereocenters. The highest BCUT2D eigenvalue weighted by molar-refractivity contribution is 5.38. The van der Waals surface area contributed by atoms with E-state index in [0.29, 0.717) is 30.1 Å². The second-order valence-electron chi connectivity index (χ2n) is 11.7. The summed E-state index contributed by atoms with van der Waals surface area (Å²) in [6, 6.07) is 6.05. The summed E-state index contributed by atoms with van der Waals surface area (Å²) in [5.41, 5.74) is 2.61. The lowest BCUT2D eigenvalue weighted by atomic mass is 9.51. The zero-order valence-corrected chi connectivity index (χ0v) is 21.6. The number of allylic oxidation sites excluding steroid dienone is 1. The van der Waals surface area contributed by atoms with Gasteiger partial charge in [-0.3, -0.25) is 0 Å². The molecule has 0 aromatic heterocycles. The fraction of sp³-hybridized carbons (Fsp3) is 0.724. The summed E-state index contributed by atoms with van der Waals surface area (Å²) >= 11 is 0. The molecular formula is C29H45NO4. The molecule has 190 valence electrons. The summed E-state index contributed by atoms with van der Waals surface area (Å²) in [6.07, 6.45) is 7.03. The Morgan fingerprint density at radius 1 is 1.03 bits per heavy atom. The van der Waals surface area contributed by atoms with E-state index >= 15 is 0 Å². The van der Waals surface area contributed by atoms with Gasteiger partial charge in [0.15, 0.2) is 0 Å². The predicted octanol–water partition coefficient (Wildman–Crippen LogP) is 4.95. The zero-order valence-electron chi connectivity index (χ0n) is 21.6. The third-order valence-corrected chi connectivity index (χ3v) is 9.85. The summed E-state index contributed by atoms with van der Waals surface area (Å²) in [5.74, 6) is 3.79. The topological polar surface area (TPSA) is 71.0 Å². The van der Waals surface area contributed by atoms with Gasteiger partial charge in [0.05, 0.1) is 20.3 Å². The first kappa shape index (κ1) is 25.5. The van der Waals surface area contributed by atoms with Crippen molar-refractivity contribution in [2.75, 3.05) is 27.4 Å². The van der Waals surface area contributed by atoms with Crippen LogP contribution in [0.25, 0.3) is 0 Å². The maximum absolute atomic E-state index is 10.4. The minimum Gasteiger partial charge on any atom is -0.497 e. The second kappa shape index (κ2) is 10.2. The lowest BCUT2D eigenvalue weighted by Gasteiger charge is -2.54. The van der Waals surface area contributed by atoms with Crippen LogP contribution in [0.1, 0.15) is 64.4 Å². The van der Waals surface area contributed by atoms with Crippen molar-refractivity contribution in [3.05, 3.63) is 35.9 Å². The molecule has 34 heavy (non-hydrogen) atoms. The number of hydrogen-bond donors (Lipinski definition) is 3. The van der Waals surface area contributed by atoms with Gasteiger partial charge < -0.3 is 25.0 Å². The van der Waals surface area contributed by atoms with Crippen LogP contribution >= 0.6 is 0 Å². The van der Waals surface area contributed by atoms with Gasteiger partial charge in [0.2, 0.25) is 0 Å². The van der Waals surface area contributed by atoms with Crippen LogP contribution in [0.2, 0.25) is 0 Å². The minimum absolute atomic E-state index is 0.156. The lowest BCUT2D eigenvalue weighted by molar-refractivity contribution is -0.0829. The Hall–Kier alpha value is -1.56. The van der Waals surface area contributed by atoms with E-state index in [0.717, 1.165) is 49.4 Å². The fourth-order valence-electron chi connectivity index (χ4n) is 7.79. The molecule has 3 saturated carbocycles. The van der Waals surface area contributed by atoms with Crippen molar-refractivity contribution >= 4 is 0 Å². The molecule has 1 aromatic rings. The fourth-order valence-corrected chi connectivity index (χ4v) is 7.79. The summed E-state index contributed by atoms with van der Waals surface area (Å²) in [5, 5.41) is 24.6. The van der Waals surface area contributed by atoms with Gasteiger partial charge >= 0.3 is 0 Å². The van der Waals surface area contributed by atoms with Crippen LogP contribution in [0.3, 0.4) is 0 Å². The largest absolute Gasteiger partial charge is 0.497 e. The van der Waals surface area contributed by atoms with Crippen LogP contribution in [0.15, 0.2) is 30.4 Å². The van der Waals surface area contributed by atoms with Gasteiger partial charge in [0, 0.05) is 19.2 Å². The van der Waals surface area contributed by atoms with Gasteiger partial charge in [0.1, 0.15) is 11.5 Å². The van der Waals surface area contributed by atoms with E-state index in [1.165, 1.54) is 24.8 Å². The number of methoxy groups -OCH3 is 2. The van der Waals surface area contributed by atoms with Gasteiger partial charge in [-0.1, -0.05) is 26.0 Å². The first-order chi connectivity index (χ1) is 16.2. The molecule has 1 aromatic carbocycles. The quantitative estimate of drug-likeness (QED) is 0.468. The average Bonchev–Trinajstić information content (AvgIpc) is 3.13. The highest BCUT2D eigenvalue weighted by Gasteiger charge is 2.54. The van der Waals surface area contributed by atoms with Crippen LogP contribution in [0.4, 0.5) is 0 Å². The van der Waals surface area contributed by atoms with E-state index < -0.39 is 0 Å². The molecule has 5 nitrogen and oxygen atoms in total. The number of hydrogen-bond acceptors (Lipinski definition) is 5. The molecule has 5 heteroatoms. The molecule has 0 heterocycles. The third kappa shape index (κ3) is 4.76. The van der Waals surface area contributed by atoms with Gasteiger partial charge in [-0.15, -0.1) is 0 Å². The second-order valence-corrected chi connectivity index (χ2v) is 11.7. The molecule has 3 N–H and O–H groups in total. The Balaban J connectivity index is 1.55. The van der Waals surface area contributed by atoms with Gasteiger partial charge in [-0.25, -0.2) is 0 Å². The molecule has 0 radical (unpaired) electrons. The molecule has 4 rings (SSSR count). The average molecular weight is 472 g/mol. The van der Waals surface area contributed by atoms with Crippen molar-refractivity contribution in [3.8, 4) is 11.5 Å². The Bertz CT molecular complexity index is 849. The number of aliphatic hydroxyl groups excluding tert-OH is 2. The van der Waals surface area contributed by atoms with Crippen molar-refractivity contribution in [3.63, 3.8) is 0 Å². The molecule has 0 spiro atoms. The van der Waals surface area contributed by atoms with Gasteiger partial charge in [-0.2, -0.15) is 0 Å². The SMILES string of the molecule is C=C1CCC2C(CNCc3cc(OC)cc(OC)c3)C(C3CCC(O)CC3(C)CO)CCC12C. The first-order valence-electron chi connectivity index (χ1n) is 13.1. The highest BCUT2D eigenvalue weighted by Crippen LogP contribution is 2.61. The smallest absolute Gasteiger partial charge is 0.122 e.